The number of amides is 1. The first kappa shape index (κ1) is 21.5. The SMILES string of the molecule is COc1cccc2sc(N(CCN(C)C)C(=O)CCSc3ccc(F)cc3)nc12. The van der Waals surface area contributed by atoms with Crippen LogP contribution in [0.15, 0.2) is 47.4 Å². The number of methoxy groups -OCH3 is 1. The van der Waals surface area contributed by atoms with E-state index in [1.807, 2.05) is 37.2 Å². The molecule has 0 bridgehead atoms. The highest BCUT2D eigenvalue weighted by atomic mass is 32.2. The highest BCUT2D eigenvalue weighted by molar-refractivity contribution is 7.99. The van der Waals surface area contributed by atoms with Gasteiger partial charge in [0.05, 0.1) is 11.8 Å². The second-order valence-corrected chi connectivity index (χ2v) is 8.88. The number of hydrogen-bond donors (Lipinski definition) is 0. The number of aromatic nitrogens is 1. The summed E-state index contributed by atoms with van der Waals surface area (Å²) in [5.74, 6) is 1.10. The highest BCUT2D eigenvalue weighted by Gasteiger charge is 2.20. The molecule has 0 unspecified atom stereocenters. The van der Waals surface area contributed by atoms with Gasteiger partial charge in [-0.05, 0) is 50.5 Å². The molecule has 3 rings (SSSR count). The molecule has 1 heterocycles. The molecule has 3 aromatic rings. The summed E-state index contributed by atoms with van der Waals surface area (Å²) >= 11 is 3.04. The minimum Gasteiger partial charge on any atom is -0.494 e. The van der Waals surface area contributed by atoms with Crippen molar-refractivity contribution in [1.29, 1.82) is 0 Å². The molecule has 1 aromatic heterocycles. The van der Waals surface area contributed by atoms with E-state index in [9.17, 15) is 9.18 Å². The van der Waals surface area contributed by atoms with Gasteiger partial charge < -0.3 is 9.64 Å². The number of hydrogen-bond acceptors (Lipinski definition) is 6. The van der Waals surface area contributed by atoms with Crippen LogP contribution < -0.4 is 9.64 Å². The molecule has 0 atom stereocenters. The zero-order valence-electron chi connectivity index (χ0n) is 16.7. The minimum atomic E-state index is -0.258. The molecule has 0 aliphatic rings. The lowest BCUT2D eigenvalue weighted by molar-refractivity contribution is -0.118. The van der Waals surface area contributed by atoms with E-state index in [1.54, 1.807) is 35.9 Å². The zero-order valence-corrected chi connectivity index (χ0v) is 18.4. The fraction of sp³-hybridized carbons (Fsp3) is 0.333. The number of ether oxygens (including phenoxy) is 1. The Morgan fingerprint density at radius 2 is 1.93 bits per heavy atom. The number of carbonyl (C=O) groups excluding carboxylic acids is 1. The van der Waals surface area contributed by atoms with Crippen LogP contribution in [-0.2, 0) is 4.79 Å². The molecule has 0 spiro atoms. The predicted octanol–water partition coefficient (Wildman–Crippen LogP) is 4.52. The standard InChI is InChI=1S/C21H24FN3O2S2/c1-24(2)12-13-25(19(26)11-14-28-16-9-7-15(22)8-10-16)21-23-20-17(27-3)5-4-6-18(20)29-21/h4-10H,11-14H2,1-3H3. The Balaban J connectivity index is 1.73. The molecule has 0 saturated heterocycles. The number of thiazole rings is 1. The van der Waals surface area contributed by atoms with Gasteiger partial charge in [-0.25, -0.2) is 9.37 Å². The van der Waals surface area contributed by atoms with Crippen molar-refractivity contribution in [3.05, 3.63) is 48.3 Å². The Labute approximate surface area is 178 Å². The van der Waals surface area contributed by atoms with Crippen molar-refractivity contribution >= 4 is 44.4 Å². The van der Waals surface area contributed by atoms with E-state index >= 15 is 0 Å². The maximum absolute atomic E-state index is 13.0. The molecular formula is C21H24FN3O2S2. The average Bonchev–Trinajstić information content (AvgIpc) is 3.13. The average molecular weight is 434 g/mol. The van der Waals surface area contributed by atoms with Crippen LogP contribution in [0.4, 0.5) is 9.52 Å². The number of halogens is 1. The molecule has 0 fully saturated rings. The van der Waals surface area contributed by atoms with Crippen molar-refractivity contribution in [2.45, 2.75) is 11.3 Å². The van der Waals surface area contributed by atoms with Crippen LogP contribution in [0.25, 0.3) is 10.2 Å². The van der Waals surface area contributed by atoms with E-state index in [-0.39, 0.29) is 11.7 Å². The van der Waals surface area contributed by atoms with Crippen molar-refractivity contribution in [3.63, 3.8) is 0 Å². The van der Waals surface area contributed by atoms with Crippen molar-refractivity contribution in [3.8, 4) is 5.75 Å². The van der Waals surface area contributed by atoms with Gasteiger partial charge in [0.15, 0.2) is 5.13 Å². The topological polar surface area (TPSA) is 45.7 Å². The summed E-state index contributed by atoms with van der Waals surface area (Å²) in [5.41, 5.74) is 0.776. The molecule has 29 heavy (non-hydrogen) atoms. The summed E-state index contributed by atoms with van der Waals surface area (Å²) in [4.78, 5) is 22.4. The van der Waals surface area contributed by atoms with Gasteiger partial charge in [-0.1, -0.05) is 17.4 Å². The molecule has 2 aromatic carbocycles. The Bertz CT molecular complexity index is 960. The molecule has 0 radical (unpaired) electrons. The second kappa shape index (κ2) is 10.0. The lowest BCUT2D eigenvalue weighted by atomic mass is 10.3. The zero-order chi connectivity index (χ0) is 20.8. The lowest BCUT2D eigenvalue weighted by Crippen LogP contribution is -2.36. The fourth-order valence-corrected chi connectivity index (χ4v) is 4.61. The maximum Gasteiger partial charge on any atom is 0.229 e. The monoisotopic (exact) mass is 433 g/mol. The number of carbonyl (C=O) groups is 1. The number of rotatable bonds is 9. The van der Waals surface area contributed by atoms with E-state index in [0.29, 0.717) is 29.6 Å². The smallest absolute Gasteiger partial charge is 0.229 e. The van der Waals surface area contributed by atoms with E-state index < -0.39 is 0 Å². The second-order valence-electron chi connectivity index (χ2n) is 6.70. The number of nitrogens with zero attached hydrogens (tertiary/aromatic N) is 3. The van der Waals surface area contributed by atoms with Gasteiger partial charge in [0.25, 0.3) is 0 Å². The van der Waals surface area contributed by atoms with Gasteiger partial charge in [-0.3, -0.25) is 9.69 Å². The van der Waals surface area contributed by atoms with Crippen LogP contribution in [0.2, 0.25) is 0 Å². The Hall–Kier alpha value is -2.16. The first-order chi connectivity index (χ1) is 14.0. The van der Waals surface area contributed by atoms with Gasteiger partial charge >= 0.3 is 0 Å². The van der Waals surface area contributed by atoms with Gasteiger partial charge in [0, 0.05) is 30.2 Å². The van der Waals surface area contributed by atoms with Gasteiger partial charge in [-0.15, -0.1) is 11.8 Å². The van der Waals surface area contributed by atoms with Crippen molar-refractivity contribution in [1.82, 2.24) is 9.88 Å². The molecule has 0 aliphatic heterocycles. The van der Waals surface area contributed by atoms with Crippen LogP contribution in [0.3, 0.4) is 0 Å². The quantitative estimate of drug-likeness (QED) is 0.464. The normalized spacial score (nSPS) is 11.2. The summed E-state index contributed by atoms with van der Waals surface area (Å²) in [6.07, 6.45) is 0.378. The first-order valence-corrected chi connectivity index (χ1v) is 11.0. The summed E-state index contributed by atoms with van der Waals surface area (Å²) in [6.45, 7) is 1.30. The van der Waals surface area contributed by atoms with Crippen LogP contribution in [-0.4, -0.2) is 55.8 Å². The molecule has 1 amide bonds. The third kappa shape index (κ3) is 5.68. The van der Waals surface area contributed by atoms with Gasteiger partial charge in [0.1, 0.15) is 17.1 Å². The van der Waals surface area contributed by atoms with E-state index in [1.165, 1.54) is 23.5 Å². The number of para-hydroxylation sites is 1. The largest absolute Gasteiger partial charge is 0.494 e. The molecule has 0 aliphatic carbocycles. The molecule has 5 nitrogen and oxygen atoms in total. The first-order valence-electron chi connectivity index (χ1n) is 9.25. The highest BCUT2D eigenvalue weighted by Crippen LogP contribution is 2.34. The summed E-state index contributed by atoms with van der Waals surface area (Å²) in [7, 11) is 5.58. The third-order valence-corrected chi connectivity index (χ3v) is 6.35. The number of benzene rings is 2. The fourth-order valence-electron chi connectivity index (χ4n) is 2.74. The Kier molecular flexibility index (Phi) is 7.46. The van der Waals surface area contributed by atoms with Gasteiger partial charge in [0.2, 0.25) is 5.91 Å². The molecular weight excluding hydrogens is 409 g/mol. The Morgan fingerprint density at radius 3 is 2.62 bits per heavy atom. The van der Waals surface area contributed by atoms with Crippen LogP contribution in [0, 0.1) is 5.82 Å². The van der Waals surface area contributed by atoms with E-state index in [2.05, 4.69) is 0 Å². The molecule has 8 heteroatoms. The number of thioether (sulfide) groups is 1. The van der Waals surface area contributed by atoms with Crippen molar-refractivity contribution < 1.29 is 13.9 Å². The van der Waals surface area contributed by atoms with E-state index in [4.69, 9.17) is 9.72 Å². The van der Waals surface area contributed by atoms with E-state index in [0.717, 1.165) is 21.7 Å². The number of fused-ring (bicyclic) bond motifs is 1. The number of anilines is 1. The van der Waals surface area contributed by atoms with Crippen LogP contribution in [0.5, 0.6) is 5.75 Å². The lowest BCUT2D eigenvalue weighted by Gasteiger charge is -2.22. The molecule has 154 valence electrons. The summed E-state index contributed by atoms with van der Waals surface area (Å²) in [6, 6.07) is 12.1. The Morgan fingerprint density at radius 1 is 1.17 bits per heavy atom. The third-order valence-electron chi connectivity index (χ3n) is 4.29. The molecule has 0 saturated carbocycles. The van der Waals surface area contributed by atoms with Crippen molar-refractivity contribution in [2.75, 3.05) is 44.9 Å². The summed E-state index contributed by atoms with van der Waals surface area (Å²) in [5, 5.41) is 0.683. The number of likely N-dealkylation sites (N-methyl/N-ethyl adjacent to an activating group) is 1. The van der Waals surface area contributed by atoms with Crippen molar-refractivity contribution in [2.24, 2.45) is 0 Å². The van der Waals surface area contributed by atoms with Crippen LogP contribution in [0.1, 0.15) is 6.42 Å². The molecule has 0 N–H and O–H groups in total. The van der Waals surface area contributed by atoms with Gasteiger partial charge in [-0.2, -0.15) is 0 Å². The minimum absolute atomic E-state index is 0.0273. The predicted molar refractivity (Wildman–Crippen MR) is 119 cm³/mol. The van der Waals surface area contributed by atoms with Crippen LogP contribution >= 0.6 is 23.1 Å². The maximum atomic E-state index is 13.0. The summed E-state index contributed by atoms with van der Waals surface area (Å²) < 4.78 is 19.4.